The third-order valence-electron chi connectivity index (χ3n) is 2.03. The van der Waals surface area contributed by atoms with Crippen LogP contribution in [0.4, 0.5) is 8.78 Å². The van der Waals surface area contributed by atoms with Crippen LogP contribution in [0.1, 0.15) is 5.56 Å². The summed E-state index contributed by atoms with van der Waals surface area (Å²) in [6, 6.07) is 2.71. The van der Waals surface area contributed by atoms with E-state index < -0.39 is 11.6 Å². The van der Waals surface area contributed by atoms with E-state index in [-0.39, 0.29) is 17.0 Å². The lowest BCUT2D eigenvalue weighted by Crippen LogP contribution is -2.07. The van der Waals surface area contributed by atoms with Gasteiger partial charge in [0.05, 0.1) is 19.0 Å². The normalized spacial score (nSPS) is 10.9. The maximum absolute atomic E-state index is 13.7. The molecule has 0 aliphatic rings. The van der Waals surface area contributed by atoms with Crippen molar-refractivity contribution in [2.24, 2.45) is 4.99 Å². The van der Waals surface area contributed by atoms with Crippen LogP contribution in [0.25, 0.3) is 5.70 Å². The van der Waals surface area contributed by atoms with E-state index in [4.69, 9.17) is 0 Å². The molecule has 0 saturated heterocycles. The van der Waals surface area contributed by atoms with E-state index in [9.17, 15) is 8.78 Å². The van der Waals surface area contributed by atoms with Gasteiger partial charge in [0.25, 0.3) is 0 Å². The Kier molecular flexibility index (Phi) is 4.39. The number of methoxy groups -OCH3 is 1. The van der Waals surface area contributed by atoms with Gasteiger partial charge in [-0.05, 0) is 25.1 Å². The molecule has 0 aromatic heterocycles. The molecule has 0 amide bonds. The van der Waals surface area contributed by atoms with Crippen LogP contribution in [0.2, 0.25) is 0 Å². The molecule has 0 aliphatic heterocycles. The Labute approximate surface area is 98.1 Å². The molecule has 1 aromatic carbocycles. The van der Waals surface area contributed by atoms with Crippen molar-refractivity contribution < 1.29 is 13.5 Å². The Hall–Kier alpha value is -2.17. The summed E-state index contributed by atoms with van der Waals surface area (Å²) in [5.74, 6) is -2.23. The summed E-state index contributed by atoms with van der Waals surface area (Å²) in [6.45, 7) is 6.69. The summed E-state index contributed by atoms with van der Waals surface area (Å²) in [5, 5.41) is 2.65. The van der Waals surface area contributed by atoms with Gasteiger partial charge in [0.1, 0.15) is 0 Å². The topological polar surface area (TPSA) is 33.6 Å². The number of nitrogens with zero attached hydrogens (tertiary/aromatic N) is 1. The third-order valence-corrected chi connectivity index (χ3v) is 2.03. The van der Waals surface area contributed by atoms with Gasteiger partial charge < -0.3 is 10.1 Å². The van der Waals surface area contributed by atoms with Crippen molar-refractivity contribution in [2.75, 3.05) is 7.11 Å². The van der Waals surface area contributed by atoms with Crippen molar-refractivity contribution in [1.82, 2.24) is 5.32 Å². The minimum atomic E-state index is -1.05. The highest BCUT2D eigenvalue weighted by molar-refractivity contribution is 5.66. The first-order chi connectivity index (χ1) is 8.15. The highest BCUT2D eigenvalue weighted by Gasteiger charge is 2.16. The zero-order valence-corrected chi connectivity index (χ0v) is 9.34. The van der Waals surface area contributed by atoms with Gasteiger partial charge in [-0.15, -0.1) is 0 Å². The van der Waals surface area contributed by atoms with E-state index in [1.807, 2.05) is 0 Å². The van der Waals surface area contributed by atoms with Crippen LogP contribution in [0.3, 0.4) is 0 Å². The number of halogens is 2. The molecule has 0 heterocycles. The van der Waals surface area contributed by atoms with E-state index in [2.05, 4.69) is 28.3 Å². The Morgan fingerprint density at radius 1 is 1.41 bits per heavy atom. The molecular weight excluding hydrogens is 226 g/mol. The largest absolute Gasteiger partial charge is 0.494 e. The molecule has 0 fully saturated rings. The summed E-state index contributed by atoms with van der Waals surface area (Å²) < 4.78 is 31.9. The molecule has 0 radical (unpaired) electrons. The van der Waals surface area contributed by atoms with Gasteiger partial charge in [-0.2, -0.15) is 4.39 Å². The first-order valence-corrected chi connectivity index (χ1v) is 4.71. The molecule has 1 aromatic rings. The fourth-order valence-corrected chi connectivity index (χ4v) is 1.28. The zero-order chi connectivity index (χ0) is 12.8. The van der Waals surface area contributed by atoms with Gasteiger partial charge in [-0.25, -0.2) is 4.39 Å². The van der Waals surface area contributed by atoms with Crippen molar-refractivity contribution in [1.29, 1.82) is 0 Å². The maximum atomic E-state index is 13.7. The predicted molar refractivity (Wildman–Crippen MR) is 63.8 cm³/mol. The number of nitrogens with one attached hydrogen (secondary N) is 1. The SMILES string of the molecule is C=CN/C(=C\N=C)c1ccc(OC)c(F)c1F. The molecule has 90 valence electrons. The van der Waals surface area contributed by atoms with E-state index in [0.717, 1.165) is 0 Å². The molecule has 3 nitrogen and oxygen atoms in total. The molecule has 5 heteroatoms. The van der Waals surface area contributed by atoms with Gasteiger partial charge in [0.15, 0.2) is 11.6 Å². The lowest BCUT2D eigenvalue weighted by molar-refractivity contribution is 0.371. The Morgan fingerprint density at radius 3 is 2.65 bits per heavy atom. The summed E-state index contributed by atoms with van der Waals surface area (Å²) >= 11 is 0. The standard InChI is InChI=1S/C12H12F2N2O/c1-4-16-9(7-15-2)8-5-6-10(17-3)12(14)11(8)13/h4-7,16H,1-2H2,3H3/b9-7-. The van der Waals surface area contributed by atoms with Gasteiger partial charge in [-0.1, -0.05) is 6.58 Å². The Morgan fingerprint density at radius 2 is 2.12 bits per heavy atom. The third kappa shape index (κ3) is 2.69. The molecule has 0 atom stereocenters. The van der Waals surface area contributed by atoms with Crippen LogP contribution in [0, 0.1) is 11.6 Å². The van der Waals surface area contributed by atoms with Crippen LogP contribution in [-0.4, -0.2) is 13.8 Å². The fourth-order valence-electron chi connectivity index (χ4n) is 1.28. The maximum Gasteiger partial charge on any atom is 0.201 e. The van der Waals surface area contributed by atoms with Crippen LogP contribution < -0.4 is 10.1 Å². The van der Waals surface area contributed by atoms with Crippen LogP contribution in [0.15, 0.2) is 36.1 Å². The molecule has 1 N–H and O–H groups in total. The molecule has 0 bridgehead atoms. The number of hydrogen-bond donors (Lipinski definition) is 1. The van der Waals surface area contributed by atoms with E-state index in [1.165, 1.54) is 31.6 Å². The van der Waals surface area contributed by atoms with Crippen LogP contribution in [0.5, 0.6) is 5.75 Å². The highest BCUT2D eigenvalue weighted by atomic mass is 19.2. The smallest absolute Gasteiger partial charge is 0.201 e. The summed E-state index contributed by atoms with van der Waals surface area (Å²) in [5.41, 5.74) is 0.282. The summed E-state index contributed by atoms with van der Waals surface area (Å²) in [6.07, 6.45) is 2.60. The van der Waals surface area contributed by atoms with Gasteiger partial charge in [-0.3, -0.25) is 4.99 Å². The Balaban J connectivity index is 3.30. The number of hydrogen-bond acceptors (Lipinski definition) is 3. The van der Waals surface area contributed by atoms with Crippen molar-refractivity contribution in [3.05, 3.63) is 48.3 Å². The summed E-state index contributed by atoms with van der Waals surface area (Å²) in [4.78, 5) is 3.50. The number of ether oxygens (including phenoxy) is 1. The molecule has 0 saturated carbocycles. The first kappa shape index (κ1) is 12.9. The quantitative estimate of drug-likeness (QED) is 0.800. The molecule has 0 aliphatic carbocycles. The minimum Gasteiger partial charge on any atom is -0.494 e. The minimum absolute atomic E-state index is 0.0237. The van der Waals surface area contributed by atoms with E-state index in [0.29, 0.717) is 0 Å². The second kappa shape index (κ2) is 5.79. The summed E-state index contributed by atoms with van der Waals surface area (Å²) in [7, 11) is 1.27. The van der Waals surface area contributed by atoms with Crippen LogP contribution >= 0.6 is 0 Å². The lowest BCUT2D eigenvalue weighted by Gasteiger charge is -2.10. The van der Waals surface area contributed by atoms with E-state index >= 15 is 0 Å². The molecular formula is C12H12F2N2O. The monoisotopic (exact) mass is 238 g/mol. The zero-order valence-electron chi connectivity index (χ0n) is 9.34. The molecule has 0 unspecified atom stereocenters. The molecule has 17 heavy (non-hydrogen) atoms. The van der Waals surface area contributed by atoms with Crippen LogP contribution in [-0.2, 0) is 0 Å². The second-order valence-corrected chi connectivity index (χ2v) is 3.02. The number of benzene rings is 1. The van der Waals surface area contributed by atoms with Gasteiger partial charge >= 0.3 is 0 Å². The highest BCUT2D eigenvalue weighted by Crippen LogP contribution is 2.25. The van der Waals surface area contributed by atoms with Crippen molar-refractivity contribution in [3.63, 3.8) is 0 Å². The molecule has 0 spiro atoms. The Bertz CT molecular complexity index is 470. The lowest BCUT2D eigenvalue weighted by atomic mass is 10.1. The van der Waals surface area contributed by atoms with Crippen molar-refractivity contribution >= 4 is 12.4 Å². The van der Waals surface area contributed by atoms with Crippen molar-refractivity contribution in [3.8, 4) is 5.75 Å². The van der Waals surface area contributed by atoms with Gasteiger partial charge in [0, 0.05) is 5.56 Å². The number of aliphatic imine (C=N–C) groups is 1. The van der Waals surface area contributed by atoms with Gasteiger partial charge in [0.2, 0.25) is 5.82 Å². The van der Waals surface area contributed by atoms with E-state index in [1.54, 1.807) is 0 Å². The average molecular weight is 238 g/mol. The average Bonchev–Trinajstić information content (AvgIpc) is 2.32. The number of rotatable bonds is 5. The predicted octanol–water partition coefficient (Wildman–Crippen LogP) is 2.71. The second-order valence-electron chi connectivity index (χ2n) is 3.02. The first-order valence-electron chi connectivity index (χ1n) is 4.71. The van der Waals surface area contributed by atoms with Crippen molar-refractivity contribution in [2.45, 2.75) is 0 Å². The molecule has 1 rings (SSSR count). The fraction of sp³-hybridized carbons (Fsp3) is 0.0833.